The maximum Gasteiger partial charge on any atom is 0.257 e. The molecule has 0 bridgehead atoms. The molecule has 8 heteroatoms. The summed E-state index contributed by atoms with van der Waals surface area (Å²) in [5.74, 6) is -3.06. The summed E-state index contributed by atoms with van der Waals surface area (Å²) in [7, 11) is 0. The van der Waals surface area contributed by atoms with E-state index in [1.165, 1.54) is 35.2 Å². The van der Waals surface area contributed by atoms with E-state index in [1.54, 1.807) is 18.2 Å². The van der Waals surface area contributed by atoms with Crippen LogP contribution in [-0.2, 0) is 16.0 Å². The Labute approximate surface area is 194 Å². The Hall–Kier alpha value is -3.58. The Bertz CT molecular complexity index is 1220. The number of benzene rings is 3. The minimum atomic E-state index is -1.12. The van der Waals surface area contributed by atoms with Crippen molar-refractivity contribution in [1.29, 1.82) is 0 Å². The lowest BCUT2D eigenvalue weighted by Gasteiger charge is -2.28. The number of amides is 3. The Morgan fingerprint density at radius 2 is 1.73 bits per heavy atom. The number of hydrogen-bond donors (Lipinski definition) is 0. The topological polar surface area (TPSA) is 57.7 Å². The van der Waals surface area contributed by atoms with Crippen LogP contribution in [0.1, 0.15) is 22.3 Å². The Kier molecular flexibility index (Phi) is 6.51. The van der Waals surface area contributed by atoms with Crippen molar-refractivity contribution in [2.45, 2.75) is 18.9 Å². The molecule has 33 heavy (non-hydrogen) atoms. The quantitative estimate of drug-likeness (QED) is 0.495. The molecule has 3 aromatic rings. The molecular formula is C25H19ClF2N2O3. The van der Waals surface area contributed by atoms with Crippen LogP contribution in [-0.4, -0.2) is 35.2 Å². The van der Waals surface area contributed by atoms with Crippen molar-refractivity contribution in [2.24, 2.45) is 0 Å². The van der Waals surface area contributed by atoms with E-state index in [0.717, 1.165) is 28.7 Å². The van der Waals surface area contributed by atoms with Crippen molar-refractivity contribution >= 4 is 35.0 Å². The average Bonchev–Trinajstić information content (AvgIpc) is 3.08. The zero-order chi connectivity index (χ0) is 23.5. The molecule has 1 atom stereocenters. The molecular weight excluding hydrogens is 450 g/mol. The van der Waals surface area contributed by atoms with Crippen molar-refractivity contribution in [1.82, 2.24) is 4.90 Å². The number of imide groups is 1. The molecule has 3 amide bonds. The van der Waals surface area contributed by atoms with Crippen molar-refractivity contribution < 1.29 is 23.2 Å². The van der Waals surface area contributed by atoms with Crippen LogP contribution in [0.25, 0.3) is 0 Å². The van der Waals surface area contributed by atoms with Crippen LogP contribution in [0.5, 0.6) is 0 Å². The summed E-state index contributed by atoms with van der Waals surface area (Å²) in [4.78, 5) is 41.4. The van der Waals surface area contributed by atoms with E-state index in [-0.39, 0.29) is 24.2 Å². The summed E-state index contributed by atoms with van der Waals surface area (Å²) in [5.41, 5.74) is 0.840. The zero-order valence-corrected chi connectivity index (χ0v) is 18.1. The fourth-order valence-corrected chi connectivity index (χ4v) is 4.06. The lowest BCUT2D eigenvalue weighted by molar-refractivity contribution is -0.122. The number of rotatable bonds is 6. The highest BCUT2D eigenvalue weighted by Gasteiger charge is 2.44. The third-order valence-corrected chi connectivity index (χ3v) is 5.71. The largest absolute Gasteiger partial charge is 0.326 e. The fourth-order valence-electron chi connectivity index (χ4n) is 3.85. The van der Waals surface area contributed by atoms with Crippen molar-refractivity contribution in [3.63, 3.8) is 0 Å². The average molecular weight is 469 g/mol. The van der Waals surface area contributed by atoms with Crippen LogP contribution < -0.4 is 4.90 Å². The normalized spacial score (nSPS) is 15.7. The zero-order valence-electron chi connectivity index (χ0n) is 17.4. The van der Waals surface area contributed by atoms with Crippen LogP contribution in [0.3, 0.4) is 0 Å². The molecule has 3 aromatic carbocycles. The molecule has 1 heterocycles. The molecule has 0 aromatic heterocycles. The summed E-state index contributed by atoms with van der Waals surface area (Å²) >= 11 is 6.04. The Morgan fingerprint density at radius 1 is 1.00 bits per heavy atom. The number of carbonyl (C=O) groups is 3. The molecule has 0 saturated carbocycles. The van der Waals surface area contributed by atoms with Crippen molar-refractivity contribution in [3.8, 4) is 0 Å². The van der Waals surface area contributed by atoms with Gasteiger partial charge in [-0.25, -0.2) is 13.7 Å². The molecule has 1 saturated heterocycles. The monoisotopic (exact) mass is 468 g/mol. The first-order valence-electron chi connectivity index (χ1n) is 10.3. The van der Waals surface area contributed by atoms with Gasteiger partial charge < -0.3 is 4.90 Å². The van der Waals surface area contributed by atoms with Crippen molar-refractivity contribution in [2.75, 3.05) is 11.4 Å². The van der Waals surface area contributed by atoms with E-state index in [4.69, 9.17) is 11.6 Å². The van der Waals surface area contributed by atoms with Crippen LogP contribution in [0.15, 0.2) is 72.8 Å². The molecule has 0 aliphatic carbocycles. The minimum absolute atomic E-state index is 0.0639. The second-order valence-corrected chi connectivity index (χ2v) is 8.06. The van der Waals surface area contributed by atoms with Gasteiger partial charge in [-0.1, -0.05) is 35.9 Å². The summed E-state index contributed by atoms with van der Waals surface area (Å²) in [5, 5.41) is 0.522. The number of nitrogens with zero attached hydrogens (tertiary/aromatic N) is 2. The number of anilines is 1. The molecule has 168 valence electrons. The molecule has 0 spiro atoms. The highest BCUT2D eigenvalue weighted by atomic mass is 35.5. The second kappa shape index (κ2) is 9.50. The number of carbonyl (C=O) groups excluding carboxylic acids is 3. The van der Waals surface area contributed by atoms with Gasteiger partial charge in [0.1, 0.15) is 17.7 Å². The predicted octanol–water partition coefficient (Wildman–Crippen LogP) is 4.64. The standard InChI is InChI=1S/C25H19ClF2N2O3/c26-17-5-3-4-16(14-17)12-13-29(24(32)20-6-1-2-7-21(20)28)22-15-23(31)30(25(22)33)19-10-8-18(27)9-11-19/h1-11,14,22H,12-13,15H2. The molecule has 5 nitrogen and oxygen atoms in total. The smallest absolute Gasteiger partial charge is 0.257 e. The van der Waals surface area contributed by atoms with Crippen LogP contribution in [0.4, 0.5) is 14.5 Å². The van der Waals surface area contributed by atoms with Gasteiger partial charge >= 0.3 is 0 Å². The molecule has 1 unspecified atom stereocenters. The van der Waals surface area contributed by atoms with Gasteiger partial charge in [0.2, 0.25) is 5.91 Å². The van der Waals surface area contributed by atoms with E-state index in [0.29, 0.717) is 11.4 Å². The summed E-state index contributed by atoms with van der Waals surface area (Å²) in [6.45, 7) is 0.0639. The Balaban J connectivity index is 1.65. The second-order valence-electron chi connectivity index (χ2n) is 7.62. The molecule has 4 rings (SSSR count). The summed E-state index contributed by atoms with van der Waals surface area (Å²) in [6.07, 6.45) is 0.0845. The predicted molar refractivity (Wildman–Crippen MR) is 120 cm³/mol. The first kappa shape index (κ1) is 22.6. The third kappa shape index (κ3) is 4.78. The van der Waals surface area contributed by atoms with Gasteiger partial charge in [-0.2, -0.15) is 0 Å². The highest BCUT2D eigenvalue weighted by Crippen LogP contribution is 2.27. The van der Waals surface area contributed by atoms with Gasteiger partial charge in [0.25, 0.3) is 11.8 Å². The summed E-state index contributed by atoms with van der Waals surface area (Å²) in [6, 6.07) is 16.3. The molecule has 1 aliphatic rings. The fraction of sp³-hybridized carbons (Fsp3) is 0.160. The Morgan fingerprint density at radius 3 is 2.42 bits per heavy atom. The van der Waals surface area contributed by atoms with E-state index >= 15 is 0 Å². The van der Waals surface area contributed by atoms with Gasteiger partial charge in [-0.15, -0.1) is 0 Å². The van der Waals surface area contributed by atoms with E-state index in [9.17, 15) is 23.2 Å². The molecule has 1 aliphatic heterocycles. The van der Waals surface area contributed by atoms with Crippen molar-refractivity contribution in [3.05, 3.63) is 101 Å². The van der Waals surface area contributed by atoms with Gasteiger partial charge in [0, 0.05) is 11.6 Å². The first-order chi connectivity index (χ1) is 15.8. The van der Waals surface area contributed by atoms with E-state index < -0.39 is 35.4 Å². The van der Waals surface area contributed by atoms with E-state index in [2.05, 4.69) is 0 Å². The van der Waals surface area contributed by atoms with Crippen LogP contribution in [0.2, 0.25) is 5.02 Å². The number of hydrogen-bond acceptors (Lipinski definition) is 3. The van der Waals surface area contributed by atoms with Gasteiger partial charge in [0.15, 0.2) is 0 Å². The van der Waals surface area contributed by atoms with Crippen LogP contribution >= 0.6 is 11.6 Å². The molecule has 0 radical (unpaired) electrons. The highest BCUT2D eigenvalue weighted by molar-refractivity contribution is 6.30. The maximum absolute atomic E-state index is 14.4. The minimum Gasteiger partial charge on any atom is -0.326 e. The van der Waals surface area contributed by atoms with Gasteiger partial charge in [-0.05, 0) is 60.5 Å². The third-order valence-electron chi connectivity index (χ3n) is 5.48. The molecule has 0 N–H and O–H groups in total. The number of halogens is 3. The lowest BCUT2D eigenvalue weighted by atomic mass is 10.1. The van der Waals surface area contributed by atoms with Crippen LogP contribution in [0, 0.1) is 11.6 Å². The first-order valence-corrected chi connectivity index (χ1v) is 10.7. The molecule has 1 fully saturated rings. The SMILES string of the molecule is O=C1CC(N(CCc2cccc(Cl)c2)C(=O)c2ccccc2F)C(=O)N1c1ccc(F)cc1. The lowest BCUT2D eigenvalue weighted by Crippen LogP contribution is -2.46. The summed E-state index contributed by atoms with van der Waals surface area (Å²) < 4.78 is 27.7. The maximum atomic E-state index is 14.4. The van der Waals surface area contributed by atoms with Gasteiger partial charge in [0.05, 0.1) is 17.7 Å². The van der Waals surface area contributed by atoms with E-state index in [1.807, 2.05) is 6.07 Å². The van der Waals surface area contributed by atoms with Gasteiger partial charge in [-0.3, -0.25) is 14.4 Å².